The number of amides is 2. The molecular weight excluding hydrogens is 276 g/mol. The number of thiocarbonyl (C=S) groups is 1. The van der Waals surface area contributed by atoms with Crippen molar-refractivity contribution < 1.29 is 9.53 Å². The van der Waals surface area contributed by atoms with Gasteiger partial charge in [-0.05, 0) is 37.2 Å². The second-order valence-corrected chi connectivity index (χ2v) is 4.82. The van der Waals surface area contributed by atoms with Gasteiger partial charge in [-0.3, -0.25) is 5.43 Å². The van der Waals surface area contributed by atoms with Crippen LogP contribution in [0.15, 0.2) is 30.3 Å². The van der Waals surface area contributed by atoms with Gasteiger partial charge < -0.3 is 15.4 Å². The maximum atomic E-state index is 11.6. The SMILES string of the molecule is O=C(NNC(=S)NC[C@H]1CCCO1)Nc1ccccc1. The van der Waals surface area contributed by atoms with Crippen LogP contribution in [0.2, 0.25) is 0 Å². The number of nitrogens with one attached hydrogen (secondary N) is 4. The molecule has 1 atom stereocenters. The van der Waals surface area contributed by atoms with Crippen molar-refractivity contribution in [2.45, 2.75) is 18.9 Å². The predicted octanol–water partition coefficient (Wildman–Crippen LogP) is 1.37. The first kappa shape index (κ1) is 14.5. The van der Waals surface area contributed by atoms with E-state index in [0.717, 1.165) is 19.4 Å². The van der Waals surface area contributed by atoms with Crippen molar-refractivity contribution in [2.24, 2.45) is 0 Å². The number of hydrogen-bond acceptors (Lipinski definition) is 3. The lowest BCUT2D eigenvalue weighted by atomic mass is 10.2. The summed E-state index contributed by atoms with van der Waals surface area (Å²) in [7, 11) is 0. The lowest BCUT2D eigenvalue weighted by Crippen LogP contribution is -2.49. The highest BCUT2D eigenvalue weighted by Crippen LogP contribution is 2.10. The quantitative estimate of drug-likeness (QED) is 0.500. The van der Waals surface area contributed by atoms with E-state index in [1.807, 2.05) is 18.2 Å². The number of urea groups is 1. The number of anilines is 1. The number of ether oxygens (including phenoxy) is 1. The van der Waals surface area contributed by atoms with Gasteiger partial charge in [0.05, 0.1) is 6.10 Å². The molecule has 1 aromatic carbocycles. The van der Waals surface area contributed by atoms with Gasteiger partial charge in [0, 0.05) is 18.8 Å². The van der Waals surface area contributed by atoms with Crippen molar-refractivity contribution in [3.05, 3.63) is 30.3 Å². The molecular formula is C13H18N4O2S. The standard InChI is InChI=1S/C13H18N4O2S/c18-12(15-10-5-2-1-3-6-10)16-17-13(20)14-9-11-7-4-8-19-11/h1-3,5-6,11H,4,7-9H2,(H2,14,17,20)(H2,15,16,18)/t11-/m1/s1. The number of hydrazine groups is 1. The highest BCUT2D eigenvalue weighted by molar-refractivity contribution is 7.80. The molecule has 0 aliphatic carbocycles. The molecule has 7 heteroatoms. The van der Waals surface area contributed by atoms with Gasteiger partial charge in [0.15, 0.2) is 5.11 Å². The molecule has 1 aliphatic rings. The van der Waals surface area contributed by atoms with E-state index in [4.69, 9.17) is 17.0 Å². The molecule has 108 valence electrons. The zero-order valence-corrected chi connectivity index (χ0v) is 11.8. The molecule has 0 saturated carbocycles. The Morgan fingerprint density at radius 1 is 1.30 bits per heavy atom. The molecule has 2 rings (SSSR count). The Morgan fingerprint density at radius 2 is 2.10 bits per heavy atom. The Labute approximate surface area is 123 Å². The fourth-order valence-corrected chi connectivity index (χ4v) is 1.99. The average molecular weight is 294 g/mol. The first-order chi connectivity index (χ1) is 9.74. The largest absolute Gasteiger partial charge is 0.376 e. The van der Waals surface area contributed by atoms with Crippen molar-refractivity contribution >= 4 is 29.0 Å². The van der Waals surface area contributed by atoms with Gasteiger partial charge in [-0.25, -0.2) is 10.2 Å². The van der Waals surface area contributed by atoms with Crippen LogP contribution in [0, 0.1) is 0 Å². The molecule has 20 heavy (non-hydrogen) atoms. The van der Waals surface area contributed by atoms with Crippen molar-refractivity contribution in [3.63, 3.8) is 0 Å². The Balaban J connectivity index is 1.61. The van der Waals surface area contributed by atoms with Crippen LogP contribution < -0.4 is 21.5 Å². The van der Waals surface area contributed by atoms with Gasteiger partial charge in [-0.15, -0.1) is 0 Å². The molecule has 0 spiro atoms. The summed E-state index contributed by atoms with van der Waals surface area (Å²) >= 11 is 5.05. The Hall–Kier alpha value is -1.86. The molecule has 1 aromatic rings. The van der Waals surface area contributed by atoms with E-state index in [9.17, 15) is 4.79 Å². The zero-order chi connectivity index (χ0) is 14.2. The lowest BCUT2D eigenvalue weighted by Gasteiger charge is -2.14. The van der Waals surface area contributed by atoms with Gasteiger partial charge in [0.1, 0.15) is 0 Å². The van der Waals surface area contributed by atoms with Crippen molar-refractivity contribution in [1.29, 1.82) is 0 Å². The summed E-state index contributed by atoms with van der Waals surface area (Å²) in [5, 5.41) is 6.03. The summed E-state index contributed by atoms with van der Waals surface area (Å²) in [4.78, 5) is 11.6. The highest BCUT2D eigenvalue weighted by atomic mass is 32.1. The molecule has 1 aliphatic heterocycles. The van der Waals surface area contributed by atoms with E-state index >= 15 is 0 Å². The van der Waals surface area contributed by atoms with Gasteiger partial charge in [0.2, 0.25) is 0 Å². The molecule has 0 unspecified atom stereocenters. The summed E-state index contributed by atoms with van der Waals surface area (Å²) in [6.07, 6.45) is 2.33. The summed E-state index contributed by atoms with van der Waals surface area (Å²) in [5.74, 6) is 0. The number of rotatable bonds is 3. The minimum atomic E-state index is -0.377. The molecule has 1 fully saturated rings. The second-order valence-electron chi connectivity index (χ2n) is 4.42. The van der Waals surface area contributed by atoms with Crippen molar-refractivity contribution in [2.75, 3.05) is 18.5 Å². The third-order valence-electron chi connectivity index (χ3n) is 2.84. The molecule has 1 heterocycles. The molecule has 4 N–H and O–H groups in total. The number of carbonyl (C=O) groups excluding carboxylic acids is 1. The molecule has 6 nitrogen and oxygen atoms in total. The zero-order valence-electron chi connectivity index (χ0n) is 11.0. The fraction of sp³-hybridized carbons (Fsp3) is 0.385. The van der Waals surface area contributed by atoms with Crippen LogP contribution in [-0.2, 0) is 4.74 Å². The maximum absolute atomic E-state index is 11.6. The van der Waals surface area contributed by atoms with E-state index in [2.05, 4.69) is 21.5 Å². The van der Waals surface area contributed by atoms with Crippen LogP contribution in [-0.4, -0.2) is 30.4 Å². The lowest BCUT2D eigenvalue weighted by molar-refractivity contribution is 0.114. The average Bonchev–Trinajstić information content (AvgIpc) is 2.97. The van der Waals surface area contributed by atoms with Gasteiger partial charge in [-0.1, -0.05) is 18.2 Å². The molecule has 0 aromatic heterocycles. The van der Waals surface area contributed by atoms with Crippen LogP contribution in [0.3, 0.4) is 0 Å². The van der Waals surface area contributed by atoms with Gasteiger partial charge >= 0.3 is 6.03 Å². The van der Waals surface area contributed by atoms with E-state index in [1.54, 1.807) is 12.1 Å². The third-order valence-corrected chi connectivity index (χ3v) is 3.08. The first-order valence-corrected chi connectivity index (χ1v) is 6.92. The van der Waals surface area contributed by atoms with Gasteiger partial charge in [0.25, 0.3) is 0 Å². The number of para-hydroxylation sites is 1. The van der Waals surface area contributed by atoms with E-state index < -0.39 is 0 Å². The Morgan fingerprint density at radius 3 is 2.80 bits per heavy atom. The first-order valence-electron chi connectivity index (χ1n) is 6.51. The highest BCUT2D eigenvalue weighted by Gasteiger charge is 2.15. The normalized spacial score (nSPS) is 17.3. The van der Waals surface area contributed by atoms with Crippen LogP contribution in [0.4, 0.5) is 10.5 Å². The molecule has 1 saturated heterocycles. The summed E-state index contributed by atoms with van der Waals surface area (Å²) < 4.78 is 5.46. The Kier molecular flexibility index (Phi) is 5.57. The van der Waals surface area contributed by atoms with Crippen LogP contribution in [0.1, 0.15) is 12.8 Å². The van der Waals surface area contributed by atoms with E-state index in [-0.39, 0.29) is 12.1 Å². The van der Waals surface area contributed by atoms with Crippen LogP contribution >= 0.6 is 12.2 Å². The van der Waals surface area contributed by atoms with Crippen LogP contribution in [0.5, 0.6) is 0 Å². The summed E-state index contributed by atoms with van der Waals surface area (Å²) in [6.45, 7) is 1.46. The van der Waals surface area contributed by atoms with Gasteiger partial charge in [-0.2, -0.15) is 0 Å². The molecule has 2 amide bonds. The number of benzene rings is 1. The van der Waals surface area contributed by atoms with Crippen LogP contribution in [0.25, 0.3) is 0 Å². The topological polar surface area (TPSA) is 74.4 Å². The molecule has 0 radical (unpaired) electrons. The second kappa shape index (κ2) is 7.66. The minimum Gasteiger partial charge on any atom is -0.376 e. The fourth-order valence-electron chi connectivity index (χ4n) is 1.85. The number of carbonyl (C=O) groups is 1. The summed E-state index contributed by atoms with van der Waals surface area (Å²) in [6, 6.07) is 8.79. The van der Waals surface area contributed by atoms with Crippen molar-refractivity contribution in [3.8, 4) is 0 Å². The smallest absolute Gasteiger partial charge is 0.337 e. The van der Waals surface area contributed by atoms with E-state index in [1.165, 1.54) is 0 Å². The molecule has 0 bridgehead atoms. The maximum Gasteiger partial charge on any atom is 0.337 e. The Bertz CT molecular complexity index is 449. The monoisotopic (exact) mass is 294 g/mol. The predicted molar refractivity (Wildman–Crippen MR) is 81.3 cm³/mol. The minimum absolute atomic E-state index is 0.202. The third kappa shape index (κ3) is 5.02. The van der Waals surface area contributed by atoms with E-state index in [0.29, 0.717) is 17.3 Å². The summed E-state index contributed by atoms with van der Waals surface area (Å²) in [5.41, 5.74) is 5.80. The van der Waals surface area contributed by atoms with Crippen molar-refractivity contribution in [1.82, 2.24) is 16.2 Å². The number of hydrogen-bond donors (Lipinski definition) is 4.